The molecule has 4 nitrogen and oxygen atoms in total. The number of carboxylic acids is 2. The van der Waals surface area contributed by atoms with Gasteiger partial charge in [0.2, 0.25) is 0 Å². The van der Waals surface area contributed by atoms with Crippen LogP contribution in [-0.4, -0.2) is 22.2 Å². The van der Waals surface area contributed by atoms with Gasteiger partial charge in [-0.05, 0) is 24.7 Å². The summed E-state index contributed by atoms with van der Waals surface area (Å²) in [6, 6.07) is 0. The van der Waals surface area contributed by atoms with Gasteiger partial charge in [0, 0.05) is 0 Å². The van der Waals surface area contributed by atoms with Gasteiger partial charge in [-0.15, -0.1) is 0 Å². The van der Waals surface area contributed by atoms with Gasteiger partial charge in [0.25, 0.3) is 0 Å². The van der Waals surface area contributed by atoms with E-state index in [4.69, 9.17) is 10.2 Å². The second-order valence-electron chi connectivity index (χ2n) is 4.19. The van der Waals surface area contributed by atoms with Gasteiger partial charge in [0.1, 0.15) is 0 Å². The number of hydrogen-bond acceptors (Lipinski definition) is 2. The Labute approximate surface area is 82.9 Å². The highest BCUT2D eigenvalue weighted by atomic mass is 16.4. The molecule has 4 heteroatoms. The molecule has 0 unspecified atom stereocenters. The van der Waals surface area contributed by atoms with Gasteiger partial charge in [0.05, 0.1) is 0 Å². The largest absolute Gasteiger partial charge is 0.481 e. The molecular formula is C10H16O4. The van der Waals surface area contributed by atoms with Crippen LogP contribution in [0.3, 0.4) is 0 Å². The fourth-order valence-corrected chi connectivity index (χ4v) is 2.29. The van der Waals surface area contributed by atoms with Crippen molar-refractivity contribution in [2.45, 2.75) is 32.6 Å². The van der Waals surface area contributed by atoms with Crippen molar-refractivity contribution in [2.24, 2.45) is 17.8 Å². The summed E-state index contributed by atoms with van der Waals surface area (Å²) < 4.78 is 0. The zero-order chi connectivity index (χ0) is 10.7. The van der Waals surface area contributed by atoms with Crippen LogP contribution in [0.4, 0.5) is 0 Å². The fourth-order valence-electron chi connectivity index (χ4n) is 2.29. The summed E-state index contributed by atoms with van der Waals surface area (Å²) in [6.07, 6.45) is 3.49. The van der Waals surface area contributed by atoms with Crippen molar-refractivity contribution in [2.75, 3.05) is 0 Å². The first-order valence-electron chi connectivity index (χ1n) is 4.98. The van der Waals surface area contributed by atoms with Crippen LogP contribution < -0.4 is 0 Å². The van der Waals surface area contributed by atoms with Crippen molar-refractivity contribution >= 4 is 11.9 Å². The van der Waals surface area contributed by atoms with Gasteiger partial charge in [-0.25, -0.2) is 0 Å². The summed E-state index contributed by atoms with van der Waals surface area (Å²) in [5.74, 6) is -3.34. The van der Waals surface area contributed by atoms with Crippen LogP contribution in [0.5, 0.6) is 0 Å². The van der Waals surface area contributed by atoms with Crippen LogP contribution in [0, 0.1) is 17.8 Å². The van der Waals surface area contributed by atoms with Crippen LogP contribution >= 0.6 is 0 Å². The van der Waals surface area contributed by atoms with Gasteiger partial charge in [-0.3, -0.25) is 9.59 Å². The molecule has 0 aromatic carbocycles. The molecule has 1 aliphatic carbocycles. The highest BCUT2D eigenvalue weighted by Gasteiger charge is 2.36. The van der Waals surface area contributed by atoms with Crippen molar-refractivity contribution in [1.29, 1.82) is 0 Å². The van der Waals surface area contributed by atoms with Crippen molar-refractivity contribution in [3.8, 4) is 0 Å². The summed E-state index contributed by atoms with van der Waals surface area (Å²) in [6.45, 7) is 2.05. The Hall–Kier alpha value is -1.06. The van der Waals surface area contributed by atoms with Gasteiger partial charge < -0.3 is 10.2 Å². The van der Waals surface area contributed by atoms with E-state index in [-0.39, 0.29) is 5.92 Å². The minimum Gasteiger partial charge on any atom is -0.481 e. The monoisotopic (exact) mass is 200 g/mol. The molecule has 0 amide bonds. The Morgan fingerprint density at radius 2 is 1.79 bits per heavy atom. The van der Waals surface area contributed by atoms with Gasteiger partial charge in [-0.2, -0.15) is 0 Å². The fraction of sp³-hybridized carbons (Fsp3) is 0.800. The predicted octanol–water partition coefficient (Wildman–Crippen LogP) is 1.60. The van der Waals surface area contributed by atoms with Crippen molar-refractivity contribution in [1.82, 2.24) is 0 Å². The first-order chi connectivity index (χ1) is 6.52. The van der Waals surface area contributed by atoms with Crippen LogP contribution in [-0.2, 0) is 9.59 Å². The van der Waals surface area contributed by atoms with E-state index in [0.29, 0.717) is 5.92 Å². The van der Waals surface area contributed by atoms with Crippen LogP contribution in [0.2, 0.25) is 0 Å². The van der Waals surface area contributed by atoms with E-state index in [1.165, 1.54) is 0 Å². The molecular weight excluding hydrogens is 184 g/mol. The second-order valence-corrected chi connectivity index (χ2v) is 4.19. The first kappa shape index (κ1) is 11.0. The van der Waals surface area contributed by atoms with Crippen molar-refractivity contribution < 1.29 is 19.8 Å². The highest BCUT2D eigenvalue weighted by molar-refractivity contribution is 5.93. The molecule has 0 spiro atoms. The van der Waals surface area contributed by atoms with Crippen molar-refractivity contribution in [3.63, 3.8) is 0 Å². The Balaban J connectivity index is 2.67. The first-order valence-corrected chi connectivity index (χ1v) is 4.98. The summed E-state index contributed by atoms with van der Waals surface area (Å²) in [5, 5.41) is 17.6. The molecule has 2 N–H and O–H groups in total. The molecule has 0 radical (unpaired) electrons. The smallest absolute Gasteiger partial charge is 0.318 e. The lowest BCUT2D eigenvalue weighted by Gasteiger charge is -2.28. The number of carbonyl (C=O) groups is 2. The maximum absolute atomic E-state index is 10.8. The molecule has 14 heavy (non-hydrogen) atoms. The number of carboxylic acid groups (broad SMARTS) is 2. The lowest BCUT2D eigenvalue weighted by atomic mass is 9.76. The maximum Gasteiger partial charge on any atom is 0.318 e. The SMILES string of the molecule is C[C@@H]1CCC[C@H](C(C(=O)O)C(=O)O)C1. The minimum absolute atomic E-state index is 0.186. The average molecular weight is 200 g/mol. The van der Waals surface area contributed by atoms with E-state index in [2.05, 4.69) is 0 Å². The molecule has 0 bridgehead atoms. The van der Waals surface area contributed by atoms with Crippen LogP contribution in [0.25, 0.3) is 0 Å². The lowest BCUT2D eigenvalue weighted by Crippen LogP contribution is -2.33. The lowest BCUT2D eigenvalue weighted by molar-refractivity contribution is -0.158. The maximum atomic E-state index is 10.8. The number of aliphatic carboxylic acids is 2. The Morgan fingerprint density at radius 3 is 2.21 bits per heavy atom. The number of hydrogen-bond donors (Lipinski definition) is 2. The third-order valence-electron chi connectivity index (χ3n) is 2.98. The quantitative estimate of drug-likeness (QED) is 0.678. The average Bonchev–Trinajstić information content (AvgIpc) is 2.02. The molecule has 1 rings (SSSR count). The van der Waals surface area contributed by atoms with Gasteiger partial charge >= 0.3 is 11.9 Å². The van der Waals surface area contributed by atoms with E-state index in [9.17, 15) is 9.59 Å². The zero-order valence-corrected chi connectivity index (χ0v) is 8.27. The molecule has 0 aromatic rings. The number of rotatable bonds is 3. The second kappa shape index (κ2) is 4.44. The molecule has 0 aromatic heterocycles. The summed E-state index contributed by atoms with van der Waals surface area (Å²) in [5.41, 5.74) is 0. The third kappa shape index (κ3) is 2.47. The molecule has 80 valence electrons. The van der Waals surface area contributed by atoms with Gasteiger partial charge in [-0.1, -0.05) is 19.8 Å². The standard InChI is InChI=1S/C10H16O4/c1-6-3-2-4-7(5-6)8(9(11)12)10(13)14/h6-8H,2-5H2,1H3,(H,11,12)(H,13,14)/t6-,7+/m1/s1. The summed E-state index contributed by atoms with van der Waals surface area (Å²) in [4.78, 5) is 21.5. The van der Waals surface area contributed by atoms with Crippen molar-refractivity contribution in [3.05, 3.63) is 0 Å². The summed E-state index contributed by atoms with van der Waals surface area (Å²) >= 11 is 0. The van der Waals surface area contributed by atoms with E-state index >= 15 is 0 Å². The van der Waals surface area contributed by atoms with E-state index in [0.717, 1.165) is 25.7 Å². The Bertz CT molecular complexity index is 222. The molecule has 0 aliphatic heterocycles. The molecule has 1 aliphatic rings. The summed E-state index contributed by atoms with van der Waals surface area (Å²) in [7, 11) is 0. The van der Waals surface area contributed by atoms with E-state index < -0.39 is 17.9 Å². The van der Waals surface area contributed by atoms with E-state index in [1.54, 1.807) is 0 Å². The van der Waals surface area contributed by atoms with Crippen LogP contribution in [0.15, 0.2) is 0 Å². The Kier molecular flexibility index (Phi) is 3.49. The molecule has 0 saturated heterocycles. The minimum atomic E-state index is -1.21. The van der Waals surface area contributed by atoms with Crippen LogP contribution in [0.1, 0.15) is 32.6 Å². The topological polar surface area (TPSA) is 74.6 Å². The highest BCUT2D eigenvalue weighted by Crippen LogP contribution is 2.33. The molecule has 1 fully saturated rings. The Morgan fingerprint density at radius 1 is 1.21 bits per heavy atom. The van der Waals surface area contributed by atoms with Gasteiger partial charge in [0.15, 0.2) is 5.92 Å². The molecule has 0 heterocycles. The predicted molar refractivity (Wildman–Crippen MR) is 49.9 cm³/mol. The van der Waals surface area contributed by atoms with E-state index in [1.807, 2.05) is 6.92 Å². The molecule has 2 atom stereocenters. The normalized spacial score (nSPS) is 27.6. The zero-order valence-electron chi connectivity index (χ0n) is 8.27. The molecule has 1 saturated carbocycles. The third-order valence-corrected chi connectivity index (χ3v) is 2.98.